The second kappa shape index (κ2) is 6.81. The van der Waals surface area contributed by atoms with Gasteiger partial charge in [0, 0.05) is 6.54 Å². The number of carbonyl (C=O) groups is 1. The zero-order valence-corrected chi connectivity index (χ0v) is 13.1. The van der Waals surface area contributed by atoms with Crippen LogP contribution in [0, 0.1) is 0 Å². The van der Waals surface area contributed by atoms with Crippen LogP contribution in [0.2, 0.25) is 5.02 Å². The molecule has 0 aliphatic heterocycles. The van der Waals surface area contributed by atoms with Crippen LogP contribution in [0.1, 0.15) is 19.4 Å². The van der Waals surface area contributed by atoms with Crippen molar-refractivity contribution in [2.75, 3.05) is 21.3 Å². The van der Waals surface area contributed by atoms with E-state index in [1.54, 1.807) is 27.0 Å². The van der Waals surface area contributed by atoms with Gasteiger partial charge in [-0.25, -0.2) is 0 Å². The van der Waals surface area contributed by atoms with Gasteiger partial charge in [-0.2, -0.15) is 0 Å². The molecule has 0 bridgehead atoms. The van der Waals surface area contributed by atoms with E-state index in [1.165, 1.54) is 14.2 Å². The van der Waals surface area contributed by atoms with Gasteiger partial charge in [-0.3, -0.25) is 10.1 Å². The maximum Gasteiger partial charge on any atom is 0.325 e. The Kier molecular flexibility index (Phi) is 5.65. The molecule has 0 amide bonds. The third-order valence-corrected chi connectivity index (χ3v) is 3.40. The maximum atomic E-state index is 11.6. The summed E-state index contributed by atoms with van der Waals surface area (Å²) in [5.41, 5.74) is 0.00640. The normalized spacial score (nSPS) is 11.1. The molecule has 20 heavy (non-hydrogen) atoms. The molecule has 0 aliphatic rings. The minimum absolute atomic E-state index is 0.339. The first-order valence-corrected chi connectivity index (χ1v) is 6.48. The summed E-state index contributed by atoms with van der Waals surface area (Å²) in [5, 5.41) is 3.56. The quantitative estimate of drug-likeness (QED) is 0.818. The third-order valence-electron chi connectivity index (χ3n) is 2.98. The average Bonchev–Trinajstić information content (AvgIpc) is 2.44. The number of benzene rings is 1. The molecule has 6 heteroatoms. The minimum Gasteiger partial charge on any atom is -0.493 e. The molecule has 0 atom stereocenters. The fourth-order valence-electron chi connectivity index (χ4n) is 1.71. The zero-order valence-electron chi connectivity index (χ0n) is 12.4. The second-order valence-electron chi connectivity index (χ2n) is 4.74. The highest BCUT2D eigenvalue weighted by atomic mass is 35.5. The number of nitrogens with one attached hydrogen (secondary N) is 1. The first kappa shape index (κ1) is 16.6. The van der Waals surface area contributed by atoms with E-state index in [4.69, 9.17) is 25.8 Å². The first-order chi connectivity index (χ1) is 9.37. The lowest BCUT2D eigenvalue weighted by molar-refractivity contribution is -0.147. The number of ether oxygens (including phenoxy) is 3. The van der Waals surface area contributed by atoms with Gasteiger partial charge >= 0.3 is 5.97 Å². The van der Waals surface area contributed by atoms with Crippen LogP contribution in [0.4, 0.5) is 0 Å². The van der Waals surface area contributed by atoms with Crippen molar-refractivity contribution in [1.29, 1.82) is 0 Å². The fourth-order valence-corrected chi connectivity index (χ4v) is 2.01. The largest absolute Gasteiger partial charge is 0.493 e. The highest BCUT2D eigenvalue weighted by molar-refractivity contribution is 6.33. The van der Waals surface area contributed by atoms with Crippen LogP contribution in [0.15, 0.2) is 12.1 Å². The van der Waals surface area contributed by atoms with Crippen molar-refractivity contribution >= 4 is 17.6 Å². The summed E-state index contributed by atoms with van der Waals surface area (Å²) in [6.07, 6.45) is 0. The Morgan fingerprint density at radius 1 is 1.25 bits per heavy atom. The molecule has 0 saturated heterocycles. The van der Waals surface area contributed by atoms with Crippen LogP contribution in [0.5, 0.6) is 11.5 Å². The van der Waals surface area contributed by atoms with Crippen LogP contribution < -0.4 is 14.8 Å². The molecule has 1 aromatic rings. The molecule has 1 N–H and O–H groups in total. The topological polar surface area (TPSA) is 56.8 Å². The van der Waals surface area contributed by atoms with Crippen molar-refractivity contribution in [3.63, 3.8) is 0 Å². The summed E-state index contributed by atoms with van der Waals surface area (Å²) in [6.45, 7) is 3.89. The lowest BCUT2D eigenvalue weighted by atomic mass is 10.1. The first-order valence-electron chi connectivity index (χ1n) is 6.10. The van der Waals surface area contributed by atoms with E-state index in [-0.39, 0.29) is 5.97 Å². The number of esters is 1. The van der Waals surface area contributed by atoms with Crippen LogP contribution in [-0.2, 0) is 16.1 Å². The molecule has 0 heterocycles. The van der Waals surface area contributed by atoms with E-state index in [9.17, 15) is 4.79 Å². The molecule has 0 aromatic heterocycles. The summed E-state index contributed by atoms with van der Waals surface area (Å²) < 4.78 is 15.1. The van der Waals surface area contributed by atoms with Gasteiger partial charge < -0.3 is 14.2 Å². The SMILES string of the molecule is COC(=O)C(C)(C)NCc1ccc(OC)c(OC)c1Cl. The number of methoxy groups -OCH3 is 3. The molecule has 0 fully saturated rings. The van der Waals surface area contributed by atoms with E-state index in [0.29, 0.717) is 23.1 Å². The Bertz CT molecular complexity index is 488. The number of rotatable bonds is 6. The van der Waals surface area contributed by atoms with Crippen molar-refractivity contribution in [3.8, 4) is 11.5 Å². The van der Waals surface area contributed by atoms with Gasteiger partial charge in [0.2, 0.25) is 0 Å². The number of carbonyl (C=O) groups excluding carboxylic acids is 1. The van der Waals surface area contributed by atoms with Crippen molar-refractivity contribution in [2.24, 2.45) is 0 Å². The summed E-state index contributed by atoms with van der Waals surface area (Å²) in [4.78, 5) is 11.6. The van der Waals surface area contributed by atoms with Crippen molar-refractivity contribution < 1.29 is 19.0 Å². The zero-order chi connectivity index (χ0) is 15.3. The smallest absolute Gasteiger partial charge is 0.325 e. The van der Waals surface area contributed by atoms with E-state index in [2.05, 4.69) is 5.32 Å². The Morgan fingerprint density at radius 2 is 1.90 bits per heavy atom. The number of hydrogen-bond acceptors (Lipinski definition) is 5. The maximum absolute atomic E-state index is 11.6. The van der Waals surface area contributed by atoms with E-state index < -0.39 is 5.54 Å². The average molecular weight is 302 g/mol. The molecule has 1 aromatic carbocycles. The molecule has 0 aliphatic carbocycles. The van der Waals surface area contributed by atoms with Gasteiger partial charge in [-0.1, -0.05) is 17.7 Å². The minimum atomic E-state index is -0.800. The lowest BCUT2D eigenvalue weighted by Gasteiger charge is -2.23. The number of halogens is 1. The number of hydrogen-bond donors (Lipinski definition) is 1. The summed E-state index contributed by atoms with van der Waals surface area (Å²) >= 11 is 6.27. The summed E-state index contributed by atoms with van der Waals surface area (Å²) in [5.74, 6) is 0.701. The fraction of sp³-hybridized carbons (Fsp3) is 0.500. The standard InChI is InChI=1S/C14H20ClNO4/c1-14(2,13(17)20-5)16-8-9-6-7-10(18-3)12(19-4)11(9)15/h6-7,16H,8H2,1-5H3. The molecule has 0 unspecified atom stereocenters. The van der Waals surface area contributed by atoms with Crippen LogP contribution in [-0.4, -0.2) is 32.8 Å². The summed E-state index contributed by atoms with van der Waals surface area (Å²) in [7, 11) is 4.43. The van der Waals surface area contributed by atoms with Crippen molar-refractivity contribution in [1.82, 2.24) is 5.32 Å². The van der Waals surface area contributed by atoms with Crippen molar-refractivity contribution in [3.05, 3.63) is 22.7 Å². The second-order valence-corrected chi connectivity index (χ2v) is 5.12. The summed E-state index contributed by atoms with van der Waals surface area (Å²) in [6, 6.07) is 3.59. The Balaban J connectivity index is 2.92. The van der Waals surface area contributed by atoms with Gasteiger partial charge in [-0.15, -0.1) is 0 Å². The Morgan fingerprint density at radius 3 is 2.40 bits per heavy atom. The monoisotopic (exact) mass is 301 g/mol. The molecule has 0 radical (unpaired) electrons. The molecular formula is C14H20ClNO4. The lowest BCUT2D eigenvalue weighted by Crippen LogP contribution is -2.47. The predicted molar refractivity (Wildman–Crippen MR) is 77.5 cm³/mol. The molecule has 0 spiro atoms. The highest BCUT2D eigenvalue weighted by Crippen LogP contribution is 2.37. The Hall–Kier alpha value is -1.46. The van der Waals surface area contributed by atoms with Gasteiger partial charge in [0.25, 0.3) is 0 Å². The highest BCUT2D eigenvalue weighted by Gasteiger charge is 2.28. The Labute approximate surface area is 124 Å². The third kappa shape index (κ3) is 3.55. The van der Waals surface area contributed by atoms with E-state index in [1.807, 2.05) is 6.07 Å². The molecule has 5 nitrogen and oxygen atoms in total. The van der Waals surface area contributed by atoms with Crippen LogP contribution >= 0.6 is 11.6 Å². The van der Waals surface area contributed by atoms with E-state index >= 15 is 0 Å². The van der Waals surface area contributed by atoms with Crippen LogP contribution in [0.25, 0.3) is 0 Å². The molecule has 0 saturated carbocycles. The molecular weight excluding hydrogens is 282 g/mol. The van der Waals surface area contributed by atoms with Crippen LogP contribution in [0.3, 0.4) is 0 Å². The molecule has 1 rings (SSSR count). The van der Waals surface area contributed by atoms with Gasteiger partial charge in [0.1, 0.15) is 5.54 Å². The van der Waals surface area contributed by atoms with Gasteiger partial charge in [-0.05, 0) is 25.5 Å². The van der Waals surface area contributed by atoms with E-state index in [0.717, 1.165) is 5.56 Å². The van der Waals surface area contributed by atoms with Gasteiger partial charge in [0.15, 0.2) is 11.5 Å². The molecule has 112 valence electrons. The predicted octanol–water partition coefficient (Wildman–Crippen LogP) is 2.40. The van der Waals surface area contributed by atoms with Gasteiger partial charge in [0.05, 0.1) is 26.4 Å². The van der Waals surface area contributed by atoms with Crippen molar-refractivity contribution in [2.45, 2.75) is 25.9 Å².